The molecule has 0 spiro atoms. The number of halogens is 1. The van der Waals surface area contributed by atoms with Crippen molar-refractivity contribution >= 4 is 41.3 Å². The van der Waals surface area contributed by atoms with Crippen LogP contribution in [0.3, 0.4) is 0 Å². The van der Waals surface area contributed by atoms with Gasteiger partial charge in [-0.15, -0.1) is 35.3 Å². The summed E-state index contributed by atoms with van der Waals surface area (Å²) in [4.78, 5) is 8.85. The molecule has 0 aliphatic heterocycles. The first-order valence-electron chi connectivity index (χ1n) is 7.60. The largest absolute Gasteiger partial charge is 0.469 e. The number of thiazole rings is 1. The summed E-state index contributed by atoms with van der Waals surface area (Å²) in [5.41, 5.74) is 1.15. The highest BCUT2D eigenvalue weighted by atomic mass is 127. The Labute approximate surface area is 159 Å². The van der Waals surface area contributed by atoms with Crippen molar-refractivity contribution in [3.8, 4) is 0 Å². The molecule has 2 N–H and O–H groups in total. The van der Waals surface area contributed by atoms with Crippen LogP contribution >= 0.6 is 35.3 Å². The summed E-state index contributed by atoms with van der Waals surface area (Å²) in [6, 6.07) is 3.88. The van der Waals surface area contributed by atoms with Crippen LogP contribution in [0.5, 0.6) is 0 Å². The van der Waals surface area contributed by atoms with Crippen LogP contribution in [0.1, 0.15) is 36.2 Å². The summed E-state index contributed by atoms with van der Waals surface area (Å²) < 4.78 is 5.30. The maximum atomic E-state index is 5.30. The average molecular weight is 448 g/mol. The lowest BCUT2D eigenvalue weighted by Crippen LogP contribution is -2.39. The first-order chi connectivity index (χ1) is 10.7. The molecule has 0 fully saturated rings. The minimum absolute atomic E-state index is 0. The molecule has 0 bridgehead atoms. The molecule has 2 aromatic rings. The zero-order chi connectivity index (χ0) is 15.8. The molecule has 0 radical (unpaired) electrons. The monoisotopic (exact) mass is 448 g/mol. The van der Waals surface area contributed by atoms with E-state index in [1.807, 2.05) is 12.1 Å². The van der Waals surface area contributed by atoms with Gasteiger partial charge in [-0.2, -0.15) is 0 Å². The number of hydrogen-bond acceptors (Lipinski definition) is 4. The highest BCUT2D eigenvalue weighted by molar-refractivity contribution is 14.0. The molecule has 0 aromatic carbocycles. The fraction of sp³-hybridized carbons (Fsp3) is 0.500. The number of aromatic nitrogens is 1. The van der Waals surface area contributed by atoms with Gasteiger partial charge in [-0.05, 0) is 12.1 Å². The van der Waals surface area contributed by atoms with Gasteiger partial charge in [0.25, 0.3) is 0 Å². The highest BCUT2D eigenvalue weighted by Gasteiger charge is 2.06. The van der Waals surface area contributed by atoms with Gasteiger partial charge < -0.3 is 15.1 Å². The topological polar surface area (TPSA) is 62.5 Å². The van der Waals surface area contributed by atoms with Gasteiger partial charge in [0.15, 0.2) is 5.96 Å². The third-order valence-corrected chi connectivity index (χ3v) is 4.40. The van der Waals surface area contributed by atoms with E-state index in [2.05, 4.69) is 39.8 Å². The second-order valence-corrected chi connectivity index (χ2v) is 6.23. The Morgan fingerprint density at radius 3 is 2.61 bits per heavy atom. The van der Waals surface area contributed by atoms with Gasteiger partial charge >= 0.3 is 0 Å². The second kappa shape index (κ2) is 10.6. The normalized spacial score (nSPS) is 11.4. The van der Waals surface area contributed by atoms with Crippen LogP contribution < -0.4 is 10.6 Å². The highest BCUT2D eigenvalue weighted by Crippen LogP contribution is 2.19. The third-order valence-electron chi connectivity index (χ3n) is 3.20. The minimum Gasteiger partial charge on any atom is -0.469 e. The van der Waals surface area contributed by atoms with E-state index in [4.69, 9.17) is 4.42 Å². The van der Waals surface area contributed by atoms with Gasteiger partial charge in [-0.25, -0.2) is 4.98 Å². The smallest absolute Gasteiger partial charge is 0.191 e. The Balaban J connectivity index is 0.00000264. The molecule has 2 heterocycles. The summed E-state index contributed by atoms with van der Waals surface area (Å²) >= 11 is 1.74. The Kier molecular flexibility index (Phi) is 9.23. The van der Waals surface area contributed by atoms with Gasteiger partial charge in [0.1, 0.15) is 5.76 Å². The molecule has 2 aromatic heterocycles. The van der Waals surface area contributed by atoms with Crippen molar-refractivity contribution in [2.24, 2.45) is 4.99 Å². The number of aliphatic imine (C=N–C) groups is 1. The Hall–Kier alpha value is -1.09. The zero-order valence-electron chi connectivity index (χ0n) is 13.8. The Morgan fingerprint density at radius 1 is 1.30 bits per heavy atom. The van der Waals surface area contributed by atoms with Crippen LogP contribution in [0, 0.1) is 0 Å². The number of nitrogens with zero attached hydrogens (tertiary/aromatic N) is 2. The summed E-state index contributed by atoms with van der Waals surface area (Å²) in [6.07, 6.45) is 3.45. The van der Waals surface area contributed by atoms with Gasteiger partial charge in [0, 0.05) is 44.3 Å². The molecular weight excluding hydrogens is 423 g/mol. The average Bonchev–Trinajstić information content (AvgIpc) is 3.17. The minimum atomic E-state index is 0. The van der Waals surface area contributed by atoms with E-state index in [1.165, 1.54) is 5.01 Å². The van der Waals surface area contributed by atoms with E-state index in [0.29, 0.717) is 5.92 Å². The first-order valence-corrected chi connectivity index (χ1v) is 8.48. The predicted octanol–water partition coefficient (Wildman–Crippen LogP) is 3.43. The Morgan fingerprint density at radius 2 is 2.04 bits per heavy atom. The van der Waals surface area contributed by atoms with Crippen molar-refractivity contribution in [2.75, 3.05) is 20.1 Å². The quantitative estimate of drug-likeness (QED) is 0.387. The molecule has 0 atom stereocenters. The van der Waals surface area contributed by atoms with E-state index < -0.39 is 0 Å². The van der Waals surface area contributed by atoms with Crippen molar-refractivity contribution in [1.29, 1.82) is 0 Å². The van der Waals surface area contributed by atoms with Crippen LogP contribution in [0.4, 0.5) is 0 Å². The summed E-state index contributed by atoms with van der Waals surface area (Å²) in [7, 11) is 1.78. The fourth-order valence-corrected chi connectivity index (χ4v) is 2.86. The number of hydrogen-bond donors (Lipinski definition) is 2. The maximum absolute atomic E-state index is 5.30. The van der Waals surface area contributed by atoms with Crippen LogP contribution in [-0.4, -0.2) is 31.1 Å². The van der Waals surface area contributed by atoms with Crippen LogP contribution in [0.25, 0.3) is 0 Å². The molecule has 0 saturated carbocycles. The first kappa shape index (κ1) is 20.0. The zero-order valence-corrected chi connectivity index (χ0v) is 17.0. The van der Waals surface area contributed by atoms with E-state index in [-0.39, 0.29) is 24.0 Å². The molecule has 0 saturated heterocycles. The van der Waals surface area contributed by atoms with Gasteiger partial charge in [0.2, 0.25) is 0 Å². The molecular formula is C16H25IN4OS. The van der Waals surface area contributed by atoms with Crippen molar-refractivity contribution in [3.63, 3.8) is 0 Å². The van der Waals surface area contributed by atoms with Gasteiger partial charge in [0.05, 0.1) is 17.0 Å². The van der Waals surface area contributed by atoms with Crippen LogP contribution in [-0.2, 0) is 12.8 Å². The molecule has 23 heavy (non-hydrogen) atoms. The predicted molar refractivity (Wildman–Crippen MR) is 107 cm³/mol. The molecule has 5 nitrogen and oxygen atoms in total. The number of rotatable bonds is 7. The van der Waals surface area contributed by atoms with Crippen molar-refractivity contribution in [2.45, 2.75) is 32.6 Å². The maximum Gasteiger partial charge on any atom is 0.191 e. The van der Waals surface area contributed by atoms with E-state index >= 15 is 0 Å². The van der Waals surface area contributed by atoms with Crippen molar-refractivity contribution < 1.29 is 4.42 Å². The fourth-order valence-electron chi connectivity index (χ4n) is 1.99. The van der Waals surface area contributed by atoms with Gasteiger partial charge in [-0.1, -0.05) is 13.8 Å². The third kappa shape index (κ3) is 6.90. The van der Waals surface area contributed by atoms with Crippen molar-refractivity contribution in [1.82, 2.24) is 15.6 Å². The van der Waals surface area contributed by atoms with Gasteiger partial charge in [-0.3, -0.25) is 4.99 Å². The standard InChI is InChI=1S/C16H24N4OS.HI/c1-12(2)15-20-13(11-22-15)6-8-18-16(17-3)19-9-7-14-5-4-10-21-14;/h4-5,10-12H,6-9H2,1-3H3,(H2,17,18,19);1H. The Bertz CT molecular complexity index is 581. The molecule has 0 aliphatic carbocycles. The summed E-state index contributed by atoms with van der Waals surface area (Å²) in [5.74, 6) is 2.29. The molecule has 0 aliphatic rings. The number of furan rings is 1. The molecule has 0 amide bonds. The molecule has 0 unspecified atom stereocenters. The lowest BCUT2D eigenvalue weighted by Gasteiger charge is -2.10. The van der Waals surface area contributed by atoms with E-state index in [0.717, 1.165) is 43.3 Å². The molecule has 7 heteroatoms. The second-order valence-electron chi connectivity index (χ2n) is 5.34. The van der Waals surface area contributed by atoms with Crippen LogP contribution in [0.15, 0.2) is 33.2 Å². The summed E-state index contributed by atoms with van der Waals surface area (Å²) in [5, 5.41) is 9.94. The number of guanidine groups is 1. The lowest BCUT2D eigenvalue weighted by atomic mass is 10.2. The molecule has 2 rings (SSSR count). The van der Waals surface area contributed by atoms with E-state index in [9.17, 15) is 0 Å². The van der Waals surface area contributed by atoms with Crippen LogP contribution in [0.2, 0.25) is 0 Å². The SMILES string of the molecule is CN=C(NCCc1csc(C(C)C)n1)NCCc1ccco1.I. The summed E-state index contributed by atoms with van der Waals surface area (Å²) in [6.45, 7) is 5.96. The van der Waals surface area contributed by atoms with E-state index in [1.54, 1.807) is 24.6 Å². The van der Waals surface area contributed by atoms with Crippen molar-refractivity contribution in [3.05, 3.63) is 40.2 Å². The molecule has 128 valence electrons. The lowest BCUT2D eigenvalue weighted by molar-refractivity contribution is 0.507. The number of nitrogens with one attached hydrogen (secondary N) is 2.